The van der Waals surface area contributed by atoms with Gasteiger partial charge >= 0.3 is 0 Å². The van der Waals surface area contributed by atoms with E-state index in [1.807, 2.05) is 13.8 Å². The fraction of sp³-hybridized carbons (Fsp3) is 0.423. The van der Waals surface area contributed by atoms with Crippen molar-refractivity contribution >= 4 is 29.3 Å². The lowest BCUT2D eigenvalue weighted by Crippen LogP contribution is -2.60. The molecular formula is C26H29ClFN3O4. The summed E-state index contributed by atoms with van der Waals surface area (Å²) in [5, 5.41) is 3.27. The quantitative estimate of drug-likeness (QED) is 0.677. The van der Waals surface area contributed by atoms with Gasteiger partial charge in [0.1, 0.15) is 17.6 Å². The zero-order valence-corrected chi connectivity index (χ0v) is 20.6. The Morgan fingerprint density at radius 1 is 1.09 bits per heavy atom. The molecule has 0 bridgehead atoms. The maximum absolute atomic E-state index is 13.6. The first kappa shape index (κ1) is 25.1. The molecule has 186 valence electrons. The molecule has 2 aromatic rings. The van der Waals surface area contributed by atoms with E-state index in [-0.39, 0.29) is 29.9 Å². The lowest BCUT2D eigenvalue weighted by Gasteiger charge is -2.44. The summed E-state index contributed by atoms with van der Waals surface area (Å²) in [5.74, 6) is -1.09. The average Bonchev–Trinajstić information content (AvgIpc) is 3.21. The SMILES string of the molecule is CC(C)CNC(=O)C1COC2(CCN(C(=O)c3ccccc3Cl)CC2)N1C(=O)c1ccc(F)cc1. The van der Waals surface area contributed by atoms with Gasteiger partial charge in [0.05, 0.1) is 17.2 Å². The van der Waals surface area contributed by atoms with E-state index in [0.717, 1.165) is 0 Å². The van der Waals surface area contributed by atoms with Crippen molar-refractivity contribution in [1.29, 1.82) is 0 Å². The summed E-state index contributed by atoms with van der Waals surface area (Å²) in [5.41, 5.74) is -0.349. The molecule has 1 spiro atoms. The predicted octanol–water partition coefficient (Wildman–Crippen LogP) is 3.72. The molecule has 0 aromatic heterocycles. The molecule has 3 amide bonds. The van der Waals surface area contributed by atoms with Crippen LogP contribution in [-0.2, 0) is 9.53 Å². The Kier molecular flexibility index (Phi) is 7.42. The van der Waals surface area contributed by atoms with Crippen LogP contribution in [0, 0.1) is 11.7 Å². The number of amides is 3. The average molecular weight is 502 g/mol. The van der Waals surface area contributed by atoms with Crippen LogP contribution < -0.4 is 5.32 Å². The van der Waals surface area contributed by atoms with Gasteiger partial charge in [-0.2, -0.15) is 0 Å². The molecule has 7 nitrogen and oxygen atoms in total. The van der Waals surface area contributed by atoms with E-state index in [0.29, 0.717) is 43.1 Å². The van der Waals surface area contributed by atoms with Gasteiger partial charge in [0.15, 0.2) is 0 Å². The standard InChI is InChI=1S/C26H29ClFN3O4/c1-17(2)15-29-23(32)22-16-35-26(31(22)24(33)18-7-9-19(28)10-8-18)11-13-30(14-12-26)25(34)20-5-3-4-6-21(20)27/h3-10,17,22H,11-16H2,1-2H3,(H,29,32). The zero-order valence-electron chi connectivity index (χ0n) is 19.8. The van der Waals surface area contributed by atoms with Crippen molar-refractivity contribution < 1.29 is 23.5 Å². The van der Waals surface area contributed by atoms with Crippen LogP contribution in [0.3, 0.4) is 0 Å². The Bertz CT molecular complexity index is 1100. The van der Waals surface area contributed by atoms with Gasteiger partial charge in [0.25, 0.3) is 11.8 Å². The first-order valence-corrected chi connectivity index (χ1v) is 12.1. The number of benzene rings is 2. The minimum atomic E-state index is -1.04. The Balaban J connectivity index is 1.57. The Hall–Kier alpha value is -2.97. The molecule has 35 heavy (non-hydrogen) atoms. The highest BCUT2D eigenvalue weighted by molar-refractivity contribution is 6.33. The van der Waals surface area contributed by atoms with Gasteiger partial charge in [-0.05, 0) is 42.3 Å². The highest BCUT2D eigenvalue weighted by Gasteiger charge is 2.54. The van der Waals surface area contributed by atoms with Crippen molar-refractivity contribution in [2.45, 2.75) is 38.5 Å². The first-order valence-electron chi connectivity index (χ1n) is 11.8. The largest absolute Gasteiger partial charge is 0.354 e. The van der Waals surface area contributed by atoms with Crippen molar-refractivity contribution in [3.05, 3.63) is 70.5 Å². The van der Waals surface area contributed by atoms with Crippen LogP contribution in [0.1, 0.15) is 47.4 Å². The third-order valence-corrected chi connectivity index (χ3v) is 6.82. The number of carbonyl (C=O) groups is 3. The molecule has 2 heterocycles. The van der Waals surface area contributed by atoms with Crippen molar-refractivity contribution in [1.82, 2.24) is 15.1 Å². The summed E-state index contributed by atoms with van der Waals surface area (Å²) in [6.07, 6.45) is 0.675. The molecule has 9 heteroatoms. The van der Waals surface area contributed by atoms with Crippen LogP contribution in [0.25, 0.3) is 0 Å². The number of likely N-dealkylation sites (tertiary alicyclic amines) is 1. The zero-order chi connectivity index (χ0) is 25.2. The molecule has 1 N–H and O–H groups in total. The molecule has 0 saturated carbocycles. The number of hydrogen-bond acceptors (Lipinski definition) is 4. The van der Waals surface area contributed by atoms with Gasteiger partial charge in [-0.25, -0.2) is 4.39 Å². The number of nitrogens with one attached hydrogen (secondary N) is 1. The first-order chi connectivity index (χ1) is 16.7. The number of hydrogen-bond donors (Lipinski definition) is 1. The molecule has 4 rings (SSSR count). The van der Waals surface area contributed by atoms with E-state index in [1.54, 1.807) is 29.2 Å². The number of piperidine rings is 1. The highest BCUT2D eigenvalue weighted by Crippen LogP contribution is 2.39. The Morgan fingerprint density at radius 2 is 1.74 bits per heavy atom. The third-order valence-electron chi connectivity index (χ3n) is 6.49. The number of carbonyl (C=O) groups excluding carboxylic acids is 3. The lowest BCUT2D eigenvalue weighted by atomic mass is 9.96. The monoisotopic (exact) mass is 501 g/mol. The van der Waals surface area contributed by atoms with Crippen LogP contribution in [0.4, 0.5) is 4.39 Å². The topological polar surface area (TPSA) is 79.0 Å². The highest BCUT2D eigenvalue weighted by atomic mass is 35.5. The molecule has 1 unspecified atom stereocenters. The fourth-order valence-electron chi connectivity index (χ4n) is 4.59. The normalized spacial score (nSPS) is 19.3. The van der Waals surface area contributed by atoms with E-state index >= 15 is 0 Å². The van der Waals surface area contributed by atoms with Gasteiger partial charge in [-0.15, -0.1) is 0 Å². The smallest absolute Gasteiger partial charge is 0.256 e. The summed E-state index contributed by atoms with van der Waals surface area (Å²) in [4.78, 5) is 42.9. The number of nitrogens with zero attached hydrogens (tertiary/aromatic N) is 2. The second kappa shape index (κ2) is 10.3. The van der Waals surface area contributed by atoms with Crippen LogP contribution >= 0.6 is 11.6 Å². The molecule has 2 saturated heterocycles. The molecule has 2 aromatic carbocycles. The molecular weight excluding hydrogens is 473 g/mol. The second-order valence-corrected chi connectivity index (χ2v) is 9.77. The summed E-state index contributed by atoms with van der Waals surface area (Å²) in [6, 6.07) is 11.3. The molecule has 0 radical (unpaired) electrons. The molecule has 2 aliphatic rings. The number of ether oxygens (including phenoxy) is 1. The minimum absolute atomic E-state index is 0.0509. The van der Waals surface area contributed by atoms with Crippen molar-refractivity contribution in [3.8, 4) is 0 Å². The molecule has 1 atom stereocenters. The van der Waals surface area contributed by atoms with Gasteiger partial charge in [-0.3, -0.25) is 19.3 Å². The van der Waals surface area contributed by atoms with Crippen LogP contribution in [-0.4, -0.2) is 65.5 Å². The number of rotatable bonds is 5. The maximum Gasteiger partial charge on any atom is 0.256 e. The molecule has 2 aliphatic heterocycles. The van der Waals surface area contributed by atoms with Gasteiger partial charge in [0, 0.05) is 38.0 Å². The number of halogens is 2. The van der Waals surface area contributed by atoms with E-state index < -0.39 is 23.5 Å². The van der Waals surface area contributed by atoms with Crippen LogP contribution in [0.5, 0.6) is 0 Å². The van der Waals surface area contributed by atoms with Crippen molar-refractivity contribution in [2.24, 2.45) is 5.92 Å². The summed E-state index contributed by atoms with van der Waals surface area (Å²) in [6.45, 7) is 5.16. The van der Waals surface area contributed by atoms with E-state index in [9.17, 15) is 18.8 Å². The van der Waals surface area contributed by atoms with E-state index in [2.05, 4.69) is 5.32 Å². The van der Waals surface area contributed by atoms with Crippen molar-refractivity contribution in [2.75, 3.05) is 26.2 Å². The second-order valence-electron chi connectivity index (χ2n) is 9.37. The van der Waals surface area contributed by atoms with Crippen LogP contribution in [0.2, 0.25) is 5.02 Å². The van der Waals surface area contributed by atoms with E-state index in [4.69, 9.17) is 16.3 Å². The Morgan fingerprint density at radius 3 is 2.37 bits per heavy atom. The maximum atomic E-state index is 13.6. The third kappa shape index (κ3) is 5.18. The minimum Gasteiger partial charge on any atom is -0.354 e. The lowest BCUT2D eigenvalue weighted by molar-refractivity contribution is -0.128. The van der Waals surface area contributed by atoms with Crippen molar-refractivity contribution in [3.63, 3.8) is 0 Å². The van der Waals surface area contributed by atoms with Gasteiger partial charge in [0.2, 0.25) is 5.91 Å². The Labute approximate surface area is 209 Å². The van der Waals surface area contributed by atoms with E-state index in [1.165, 1.54) is 29.2 Å². The molecule has 0 aliphatic carbocycles. The molecule has 2 fully saturated rings. The van der Waals surface area contributed by atoms with Gasteiger partial charge in [-0.1, -0.05) is 37.6 Å². The fourth-order valence-corrected chi connectivity index (χ4v) is 4.80. The predicted molar refractivity (Wildman–Crippen MR) is 129 cm³/mol. The van der Waals surface area contributed by atoms with Crippen LogP contribution in [0.15, 0.2) is 48.5 Å². The van der Waals surface area contributed by atoms with Gasteiger partial charge < -0.3 is 15.0 Å². The summed E-state index contributed by atoms with van der Waals surface area (Å²) in [7, 11) is 0. The summed E-state index contributed by atoms with van der Waals surface area (Å²) >= 11 is 6.21. The summed E-state index contributed by atoms with van der Waals surface area (Å²) < 4.78 is 19.6.